The molecule has 0 spiro atoms. The van der Waals surface area contributed by atoms with Crippen molar-refractivity contribution in [3.8, 4) is 6.07 Å². The van der Waals surface area contributed by atoms with Gasteiger partial charge in [0.2, 0.25) is 0 Å². The molecule has 0 amide bonds. The summed E-state index contributed by atoms with van der Waals surface area (Å²) in [5.41, 5.74) is 1.89. The predicted molar refractivity (Wildman–Crippen MR) is 63.9 cm³/mol. The van der Waals surface area contributed by atoms with Crippen LogP contribution in [-0.4, -0.2) is 12.1 Å². The molecule has 0 fully saturated rings. The highest BCUT2D eigenvalue weighted by atomic mass is 15.2. The molecule has 2 heteroatoms. The summed E-state index contributed by atoms with van der Waals surface area (Å²) < 4.78 is 0. The first kappa shape index (κ1) is 11.6. The van der Waals surface area contributed by atoms with Crippen LogP contribution in [0.3, 0.4) is 0 Å². The Labute approximate surface area is 92.1 Å². The van der Waals surface area contributed by atoms with E-state index < -0.39 is 0 Å². The SMILES string of the molecule is CC(C)N(c1ccc(C#N)cc1)C(C)C. The van der Waals surface area contributed by atoms with Crippen molar-refractivity contribution in [3.63, 3.8) is 0 Å². The van der Waals surface area contributed by atoms with Crippen LogP contribution in [0.4, 0.5) is 5.69 Å². The molecule has 0 radical (unpaired) electrons. The third-order valence-corrected chi connectivity index (χ3v) is 2.41. The highest BCUT2D eigenvalue weighted by molar-refractivity contribution is 5.50. The zero-order chi connectivity index (χ0) is 11.4. The van der Waals surface area contributed by atoms with Gasteiger partial charge in [0.1, 0.15) is 0 Å². The summed E-state index contributed by atoms with van der Waals surface area (Å²) in [5.74, 6) is 0. The third kappa shape index (κ3) is 2.73. The minimum atomic E-state index is 0.470. The Balaban J connectivity index is 2.98. The molecule has 0 aliphatic heterocycles. The number of anilines is 1. The van der Waals surface area contributed by atoms with Gasteiger partial charge in [-0.2, -0.15) is 5.26 Å². The fourth-order valence-electron chi connectivity index (χ4n) is 1.90. The minimum absolute atomic E-state index is 0.470. The van der Waals surface area contributed by atoms with E-state index in [-0.39, 0.29) is 0 Å². The van der Waals surface area contributed by atoms with Crippen LogP contribution in [0.25, 0.3) is 0 Å². The molecule has 2 nitrogen and oxygen atoms in total. The first-order valence-electron chi connectivity index (χ1n) is 5.34. The van der Waals surface area contributed by atoms with Gasteiger partial charge in [-0.3, -0.25) is 0 Å². The monoisotopic (exact) mass is 202 g/mol. The molecule has 0 unspecified atom stereocenters. The van der Waals surface area contributed by atoms with E-state index in [9.17, 15) is 0 Å². The molecule has 0 aliphatic rings. The van der Waals surface area contributed by atoms with Crippen molar-refractivity contribution >= 4 is 5.69 Å². The van der Waals surface area contributed by atoms with E-state index in [1.54, 1.807) is 0 Å². The molecule has 0 aromatic heterocycles. The molecule has 0 bridgehead atoms. The normalized spacial score (nSPS) is 10.5. The number of hydrogen-bond donors (Lipinski definition) is 0. The van der Waals surface area contributed by atoms with E-state index in [1.165, 1.54) is 5.69 Å². The molecule has 0 saturated heterocycles. The second kappa shape index (κ2) is 4.84. The van der Waals surface area contributed by atoms with Gasteiger partial charge in [-0.1, -0.05) is 0 Å². The number of rotatable bonds is 3. The van der Waals surface area contributed by atoms with Crippen LogP contribution in [0.2, 0.25) is 0 Å². The molecule has 0 N–H and O–H groups in total. The van der Waals surface area contributed by atoms with E-state index >= 15 is 0 Å². The first-order chi connectivity index (χ1) is 7.06. The van der Waals surface area contributed by atoms with Crippen molar-refractivity contribution < 1.29 is 0 Å². The number of benzene rings is 1. The lowest BCUT2D eigenvalue weighted by Gasteiger charge is -2.33. The fraction of sp³-hybridized carbons (Fsp3) is 0.462. The summed E-state index contributed by atoms with van der Waals surface area (Å²) in [7, 11) is 0. The van der Waals surface area contributed by atoms with Crippen molar-refractivity contribution in [2.75, 3.05) is 4.90 Å². The van der Waals surface area contributed by atoms with Crippen LogP contribution in [0, 0.1) is 11.3 Å². The minimum Gasteiger partial charge on any atom is -0.367 e. The van der Waals surface area contributed by atoms with Crippen molar-refractivity contribution in [1.29, 1.82) is 5.26 Å². The Hall–Kier alpha value is -1.49. The Bertz CT molecular complexity index is 336. The summed E-state index contributed by atoms with van der Waals surface area (Å²) >= 11 is 0. The Morgan fingerprint density at radius 3 is 1.80 bits per heavy atom. The Morgan fingerprint density at radius 2 is 1.47 bits per heavy atom. The van der Waals surface area contributed by atoms with Crippen molar-refractivity contribution in [2.45, 2.75) is 39.8 Å². The van der Waals surface area contributed by atoms with Crippen LogP contribution in [0.15, 0.2) is 24.3 Å². The van der Waals surface area contributed by atoms with E-state index in [4.69, 9.17) is 5.26 Å². The van der Waals surface area contributed by atoms with Gasteiger partial charge in [-0.15, -0.1) is 0 Å². The molecule has 0 atom stereocenters. The van der Waals surface area contributed by atoms with Gasteiger partial charge < -0.3 is 4.90 Å². The lowest BCUT2D eigenvalue weighted by atomic mass is 10.1. The first-order valence-corrected chi connectivity index (χ1v) is 5.34. The molecular formula is C13H18N2. The number of nitrogens with zero attached hydrogens (tertiary/aromatic N) is 2. The average Bonchev–Trinajstić information content (AvgIpc) is 2.18. The molecule has 1 aromatic carbocycles. The van der Waals surface area contributed by atoms with Gasteiger partial charge in [0.15, 0.2) is 0 Å². The predicted octanol–water partition coefficient (Wildman–Crippen LogP) is 3.18. The maximum atomic E-state index is 8.72. The summed E-state index contributed by atoms with van der Waals surface area (Å²) in [6.07, 6.45) is 0. The zero-order valence-corrected chi connectivity index (χ0v) is 9.86. The highest BCUT2D eigenvalue weighted by Crippen LogP contribution is 2.20. The topological polar surface area (TPSA) is 27.0 Å². The Morgan fingerprint density at radius 1 is 1.00 bits per heavy atom. The molecule has 15 heavy (non-hydrogen) atoms. The van der Waals surface area contributed by atoms with Gasteiger partial charge in [-0.25, -0.2) is 0 Å². The van der Waals surface area contributed by atoms with Crippen molar-refractivity contribution in [1.82, 2.24) is 0 Å². The van der Waals surface area contributed by atoms with E-state index in [2.05, 4.69) is 38.7 Å². The van der Waals surface area contributed by atoms with Gasteiger partial charge in [0.05, 0.1) is 11.6 Å². The Kier molecular flexibility index (Phi) is 3.74. The molecule has 1 rings (SSSR count). The maximum Gasteiger partial charge on any atom is 0.0991 e. The molecule has 80 valence electrons. The summed E-state index contributed by atoms with van der Waals surface area (Å²) in [5, 5.41) is 8.72. The van der Waals surface area contributed by atoms with Gasteiger partial charge in [0.25, 0.3) is 0 Å². The molecule has 0 heterocycles. The van der Waals surface area contributed by atoms with Gasteiger partial charge >= 0.3 is 0 Å². The zero-order valence-electron chi connectivity index (χ0n) is 9.86. The molecule has 0 saturated carbocycles. The van der Waals surface area contributed by atoms with Crippen LogP contribution in [0.5, 0.6) is 0 Å². The maximum absolute atomic E-state index is 8.72. The molecular weight excluding hydrogens is 184 g/mol. The van der Waals surface area contributed by atoms with E-state index in [0.717, 1.165) is 0 Å². The standard InChI is InChI=1S/C13H18N2/c1-10(2)15(11(3)4)13-7-5-12(9-14)6-8-13/h5-8,10-11H,1-4H3. The molecule has 0 aliphatic carbocycles. The molecule has 1 aromatic rings. The van der Waals surface area contributed by atoms with Crippen LogP contribution in [-0.2, 0) is 0 Å². The van der Waals surface area contributed by atoms with E-state index in [1.807, 2.05) is 24.3 Å². The average molecular weight is 202 g/mol. The van der Waals surface area contributed by atoms with Gasteiger partial charge in [-0.05, 0) is 52.0 Å². The summed E-state index contributed by atoms with van der Waals surface area (Å²) in [6, 6.07) is 10.8. The number of nitriles is 1. The van der Waals surface area contributed by atoms with E-state index in [0.29, 0.717) is 17.6 Å². The second-order valence-electron chi connectivity index (χ2n) is 4.25. The van der Waals surface area contributed by atoms with Crippen LogP contribution in [0.1, 0.15) is 33.3 Å². The lowest BCUT2D eigenvalue weighted by molar-refractivity contribution is 0.608. The van der Waals surface area contributed by atoms with Crippen molar-refractivity contribution in [3.05, 3.63) is 29.8 Å². The third-order valence-electron chi connectivity index (χ3n) is 2.41. The smallest absolute Gasteiger partial charge is 0.0991 e. The van der Waals surface area contributed by atoms with Crippen LogP contribution >= 0.6 is 0 Å². The summed E-state index contributed by atoms with van der Waals surface area (Å²) in [6.45, 7) is 8.72. The number of hydrogen-bond acceptors (Lipinski definition) is 2. The lowest BCUT2D eigenvalue weighted by Crippen LogP contribution is -2.36. The summed E-state index contributed by atoms with van der Waals surface area (Å²) in [4.78, 5) is 2.33. The second-order valence-corrected chi connectivity index (χ2v) is 4.25. The van der Waals surface area contributed by atoms with Crippen molar-refractivity contribution in [2.24, 2.45) is 0 Å². The van der Waals surface area contributed by atoms with Crippen LogP contribution < -0.4 is 4.90 Å². The quantitative estimate of drug-likeness (QED) is 0.752. The fourth-order valence-corrected chi connectivity index (χ4v) is 1.90. The largest absolute Gasteiger partial charge is 0.367 e. The van der Waals surface area contributed by atoms with Gasteiger partial charge in [0, 0.05) is 17.8 Å². The highest BCUT2D eigenvalue weighted by Gasteiger charge is 2.13.